The summed E-state index contributed by atoms with van der Waals surface area (Å²) in [7, 11) is 0. The standard InChI is InChI=1S/C24H28N6/c1-18-16-29(14-13-28(18)12-10-19-7-3-2-4-8-19)24-23-22(26-17-27-24)20(15-25)21-9-5-6-11-30(21)23/h2-4,7-8,17-18H,5-6,9-14,16H2,1H3. The maximum Gasteiger partial charge on any atom is 0.156 e. The molecule has 0 amide bonds. The van der Waals surface area contributed by atoms with Gasteiger partial charge in [0.25, 0.3) is 0 Å². The van der Waals surface area contributed by atoms with Crippen LogP contribution in [-0.2, 0) is 19.4 Å². The fraction of sp³-hybridized carbons (Fsp3) is 0.458. The van der Waals surface area contributed by atoms with Crippen molar-refractivity contribution >= 4 is 16.9 Å². The van der Waals surface area contributed by atoms with Gasteiger partial charge in [-0.15, -0.1) is 0 Å². The van der Waals surface area contributed by atoms with Crippen molar-refractivity contribution in [1.82, 2.24) is 19.4 Å². The fourth-order valence-electron chi connectivity index (χ4n) is 5.06. The number of aryl methyl sites for hydroxylation is 1. The molecule has 2 aliphatic rings. The normalized spacial score (nSPS) is 19.6. The summed E-state index contributed by atoms with van der Waals surface area (Å²) >= 11 is 0. The molecule has 3 aromatic rings. The van der Waals surface area contributed by atoms with Crippen LogP contribution in [0.1, 0.15) is 36.6 Å². The first-order chi connectivity index (χ1) is 14.8. The van der Waals surface area contributed by atoms with Crippen molar-refractivity contribution in [1.29, 1.82) is 5.26 Å². The Labute approximate surface area is 177 Å². The number of rotatable bonds is 4. The predicted molar refractivity (Wildman–Crippen MR) is 119 cm³/mol. The second-order valence-corrected chi connectivity index (χ2v) is 8.50. The van der Waals surface area contributed by atoms with Gasteiger partial charge in [0.2, 0.25) is 0 Å². The Morgan fingerprint density at radius 2 is 1.97 bits per heavy atom. The van der Waals surface area contributed by atoms with E-state index in [0.717, 1.165) is 86.5 Å². The third-order valence-corrected chi connectivity index (χ3v) is 6.68. The van der Waals surface area contributed by atoms with Crippen LogP contribution in [0.3, 0.4) is 0 Å². The number of nitriles is 1. The lowest BCUT2D eigenvalue weighted by Gasteiger charge is -2.40. The number of nitrogens with zero attached hydrogens (tertiary/aromatic N) is 6. The lowest BCUT2D eigenvalue weighted by Crippen LogP contribution is -2.52. The van der Waals surface area contributed by atoms with E-state index in [1.807, 2.05) is 0 Å². The maximum atomic E-state index is 9.77. The van der Waals surface area contributed by atoms with Crippen LogP contribution in [-0.4, -0.2) is 51.7 Å². The van der Waals surface area contributed by atoms with Gasteiger partial charge in [-0.25, -0.2) is 9.97 Å². The van der Waals surface area contributed by atoms with Crippen molar-refractivity contribution in [3.05, 3.63) is 53.5 Å². The number of aromatic nitrogens is 3. The van der Waals surface area contributed by atoms with Crippen LogP contribution in [0.2, 0.25) is 0 Å². The molecule has 4 heterocycles. The molecule has 2 aliphatic heterocycles. The molecule has 0 spiro atoms. The second kappa shape index (κ2) is 8.08. The highest BCUT2D eigenvalue weighted by molar-refractivity contribution is 5.92. The average Bonchev–Trinajstić information content (AvgIpc) is 3.12. The Morgan fingerprint density at radius 3 is 2.77 bits per heavy atom. The van der Waals surface area contributed by atoms with E-state index in [2.05, 4.69) is 62.7 Å². The lowest BCUT2D eigenvalue weighted by atomic mass is 10.1. The van der Waals surface area contributed by atoms with E-state index in [1.165, 1.54) is 5.56 Å². The highest BCUT2D eigenvalue weighted by atomic mass is 15.3. The van der Waals surface area contributed by atoms with Gasteiger partial charge in [-0.05, 0) is 38.2 Å². The Morgan fingerprint density at radius 1 is 1.10 bits per heavy atom. The first kappa shape index (κ1) is 19.1. The van der Waals surface area contributed by atoms with Crippen molar-refractivity contribution in [2.75, 3.05) is 31.1 Å². The van der Waals surface area contributed by atoms with Gasteiger partial charge in [0.1, 0.15) is 23.4 Å². The molecule has 0 radical (unpaired) electrons. The second-order valence-electron chi connectivity index (χ2n) is 8.50. The molecule has 1 saturated heterocycles. The summed E-state index contributed by atoms with van der Waals surface area (Å²) in [6.45, 7) is 7.27. The van der Waals surface area contributed by atoms with Crippen molar-refractivity contribution < 1.29 is 0 Å². The van der Waals surface area contributed by atoms with Crippen LogP contribution in [0.25, 0.3) is 11.0 Å². The summed E-state index contributed by atoms with van der Waals surface area (Å²) in [5.74, 6) is 0.999. The van der Waals surface area contributed by atoms with Crippen LogP contribution >= 0.6 is 0 Å². The van der Waals surface area contributed by atoms with Crippen LogP contribution in [0, 0.1) is 11.3 Å². The fourth-order valence-corrected chi connectivity index (χ4v) is 5.06. The maximum absolute atomic E-state index is 9.77. The molecule has 1 atom stereocenters. The molecule has 1 aromatic carbocycles. The third kappa shape index (κ3) is 3.33. The number of piperazine rings is 1. The SMILES string of the molecule is CC1CN(c2ncnc3c(C#N)c4n(c23)CCCC4)CCN1CCc1ccccc1. The van der Waals surface area contributed by atoms with Crippen molar-refractivity contribution in [2.24, 2.45) is 0 Å². The summed E-state index contributed by atoms with van der Waals surface area (Å²) in [6.07, 6.45) is 5.98. The molecular formula is C24H28N6. The third-order valence-electron chi connectivity index (χ3n) is 6.68. The first-order valence-electron chi connectivity index (χ1n) is 11.1. The number of hydrogen-bond acceptors (Lipinski definition) is 5. The van der Waals surface area contributed by atoms with Gasteiger partial charge in [-0.3, -0.25) is 4.90 Å². The number of anilines is 1. The molecular weight excluding hydrogens is 372 g/mol. The molecule has 2 aromatic heterocycles. The lowest BCUT2D eigenvalue weighted by molar-refractivity contribution is 0.191. The van der Waals surface area contributed by atoms with Crippen LogP contribution in [0.15, 0.2) is 36.7 Å². The Hall–Kier alpha value is -2.91. The molecule has 0 bridgehead atoms. The van der Waals surface area contributed by atoms with Gasteiger partial charge < -0.3 is 9.47 Å². The molecule has 6 nitrogen and oxygen atoms in total. The smallest absolute Gasteiger partial charge is 0.156 e. The number of benzene rings is 1. The molecule has 154 valence electrons. The molecule has 1 unspecified atom stereocenters. The Bertz CT molecular complexity index is 1080. The van der Waals surface area contributed by atoms with Crippen LogP contribution < -0.4 is 4.90 Å². The van der Waals surface area contributed by atoms with Gasteiger partial charge >= 0.3 is 0 Å². The zero-order chi connectivity index (χ0) is 20.5. The summed E-state index contributed by atoms with van der Waals surface area (Å²) < 4.78 is 2.32. The van der Waals surface area contributed by atoms with Crippen LogP contribution in [0.5, 0.6) is 0 Å². The minimum Gasteiger partial charge on any atom is -0.352 e. The molecule has 0 aliphatic carbocycles. The van der Waals surface area contributed by atoms with Crippen molar-refractivity contribution in [3.8, 4) is 6.07 Å². The minimum atomic E-state index is 0.457. The van der Waals surface area contributed by atoms with E-state index in [0.29, 0.717) is 6.04 Å². The molecule has 1 fully saturated rings. The zero-order valence-electron chi connectivity index (χ0n) is 17.6. The van der Waals surface area contributed by atoms with E-state index >= 15 is 0 Å². The summed E-state index contributed by atoms with van der Waals surface area (Å²) in [6, 6.07) is 13.6. The Balaban J connectivity index is 1.38. The molecule has 30 heavy (non-hydrogen) atoms. The summed E-state index contributed by atoms with van der Waals surface area (Å²) in [5, 5.41) is 9.77. The van der Waals surface area contributed by atoms with E-state index in [9.17, 15) is 5.26 Å². The Kier molecular flexibility index (Phi) is 5.14. The molecule has 0 N–H and O–H groups in total. The summed E-state index contributed by atoms with van der Waals surface area (Å²) in [4.78, 5) is 14.2. The van der Waals surface area contributed by atoms with Gasteiger partial charge in [-0.2, -0.15) is 5.26 Å². The number of fused-ring (bicyclic) bond motifs is 3. The van der Waals surface area contributed by atoms with Gasteiger partial charge in [0.05, 0.1) is 5.56 Å². The van der Waals surface area contributed by atoms with E-state index < -0.39 is 0 Å². The van der Waals surface area contributed by atoms with Crippen molar-refractivity contribution in [2.45, 2.75) is 45.2 Å². The largest absolute Gasteiger partial charge is 0.352 e. The van der Waals surface area contributed by atoms with E-state index in [-0.39, 0.29) is 0 Å². The predicted octanol–water partition coefficient (Wildman–Crippen LogP) is 3.39. The highest BCUT2D eigenvalue weighted by Gasteiger charge is 2.29. The zero-order valence-corrected chi connectivity index (χ0v) is 17.6. The van der Waals surface area contributed by atoms with Crippen molar-refractivity contribution in [3.63, 3.8) is 0 Å². The number of hydrogen-bond donors (Lipinski definition) is 0. The molecule has 6 heteroatoms. The minimum absolute atomic E-state index is 0.457. The molecule has 0 saturated carbocycles. The first-order valence-corrected chi connectivity index (χ1v) is 11.1. The topological polar surface area (TPSA) is 61.0 Å². The van der Waals surface area contributed by atoms with Crippen LogP contribution in [0.4, 0.5) is 5.82 Å². The quantitative estimate of drug-likeness (QED) is 0.672. The van der Waals surface area contributed by atoms with Gasteiger partial charge in [-0.1, -0.05) is 30.3 Å². The summed E-state index contributed by atoms with van der Waals surface area (Å²) in [5.41, 5.74) is 5.19. The van der Waals surface area contributed by atoms with E-state index in [4.69, 9.17) is 4.98 Å². The van der Waals surface area contributed by atoms with Gasteiger partial charge in [0.15, 0.2) is 5.82 Å². The molecule has 5 rings (SSSR count). The average molecular weight is 401 g/mol. The van der Waals surface area contributed by atoms with Gasteiger partial charge in [0, 0.05) is 44.5 Å². The van der Waals surface area contributed by atoms with E-state index in [1.54, 1.807) is 6.33 Å². The highest BCUT2D eigenvalue weighted by Crippen LogP contribution is 2.34. The monoisotopic (exact) mass is 400 g/mol.